The first-order valence-electron chi connectivity index (χ1n) is 5.87. The van der Waals surface area contributed by atoms with Gasteiger partial charge in [0.25, 0.3) is 5.91 Å². The Bertz CT molecular complexity index is 516. The molecular formula is C13H16Cl2N2O2S. The van der Waals surface area contributed by atoms with Crippen LogP contribution in [0.4, 0.5) is 0 Å². The van der Waals surface area contributed by atoms with Gasteiger partial charge in [0.15, 0.2) is 11.7 Å². The summed E-state index contributed by atoms with van der Waals surface area (Å²) in [7, 11) is 0. The number of hydrogen-bond donors (Lipinski definition) is 2. The summed E-state index contributed by atoms with van der Waals surface area (Å²) in [5.41, 5.74) is -0.218. The summed E-state index contributed by atoms with van der Waals surface area (Å²) in [6.45, 7) is 5.63. The topological polar surface area (TPSA) is 50.4 Å². The van der Waals surface area contributed by atoms with E-state index in [9.17, 15) is 4.79 Å². The zero-order valence-corrected chi connectivity index (χ0v) is 13.7. The van der Waals surface area contributed by atoms with Gasteiger partial charge in [-0.25, -0.2) is 0 Å². The van der Waals surface area contributed by atoms with E-state index in [1.807, 2.05) is 20.8 Å². The number of carbonyl (C=O) groups excluding carboxylic acids is 1. The lowest BCUT2D eigenvalue weighted by atomic mass is 10.1. The minimum absolute atomic E-state index is 0.187. The molecule has 1 amide bonds. The van der Waals surface area contributed by atoms with Crippen molar-refractivity contribution in [2.75, 3.05) is 6.61 Å². The Morgan fingerprint density at radius 2 is 2.00 bits per heavy atom. The van der Waals surface area contributed by atoms with Crippen LogP contribution in [0.1, 0.15) is 20.8 Å². The molecule has 0 unspecified atom stereocenters. The van der Waals surface area contributed by atoms with Crippen LogP contribution in [-0.2, 0) is 4.79 Å². The van der Waals surface area contributed by atoms with Crippen LogP contribution in [0.3, 0.4) is 0 Å². The summed E-state index contributed by atoms with van der Waals surface area (Å²) < 4.78 is 5.29. The molecule has 7 heteroatoms. The highest BCUT2D eigenvalue weighted by Crippen LogP contribution is 2.27. The van der Waals surface area contributed by atoms with Crippen LogP contribution in [0, 0.1) is 0 Å². The number of carbonyl (C=O) groups is 1. The molecule has 2 N–H and O–H groups in total. The number of halogens is 2. The number of ether oxygens (including phenoxy) is 1. The predicted molar refractivity (Wildman–Crippen MR) is 85.6 cm³/mol. The van der Waals surface area contributed by atoms with Crippen molar-refractivity contribution in [2.45, 2.75) is 26.3 Å². The molecule has 0 bridgehead atoms. The van der Waals surface area contributed by atoms with Crippen molar-refractivity contribution in [3.8, 4) is 5.75 Å². The molecule has 0 radical (unpaired) electrons. The predicted octanol–water partition coefficient (Wildman–Crippen LogP) is 3.16. The first-order chi connectivity index (χ1) is 9.17. The van der Waals surface area contributed by atoms with E-state index in [4.69, 9.17) is 40.2 Å². The monoisotopic (exact) mass is 334 g/mol. The fraction of sp³-hybridized carbons (Fsp3) is 0.385. The number of hydrogen-bond acceptors (Lipinski definition) is 3. The van der Waals surface area contributed by atoms with Crippen molar-refractivity contribution < 1.29 is 9.53 Å². The normalized spacial score (nSPS) is 10.8. The standard InChI is InChI=1S/C13H16Cl2N2O2S/c1-13(2,3)17-12(20)16-11(18)7-19-10-5-4-8(14)6-9(10)15/h4-6H,7H2,1-3H3,(H2,16,17,18,20). The van der Waals surface area contributed by atoms with Crippen LogP contribution in [0.2, 0.25) is 10.0 Å². The second-order valence-electron chi connectivity index (χ2n) is 5.12. The fourth-order valence-corrected chi connectivity index (χ4v) is 2.15. The summed E-state index contributed by atoms with van der Waals surface area (Å²) in [5, 5.41) is 6.60. The quantitative estimate of drug-likeness (QED) is 0.833. The SMILES string of the molecule is CC(C)(C)NC(=S)NC(=O)COc1ccc(Cl)cc1Cl. The van der Waals surface area contributed by atoms with Crippen LogP contribution in [0.25, 0.3) is 0 Å². The molecule has 110 valence electrons. The minimum atomic E-state index is -0.363. The van der Waals surface area contributed by atoms with E-state index in [0.29, 0.717) is 15.8 Å². The highest BCUT2D eigenvalue weighted by Gasteiger charge is 2.13. The maximum absolute atomic E-state index is 11.7. The second-order valence-corrected chi connectivity index (χ2v) is 6.37. The lowest BCUT2D eigenvalue weighted by Gasteiger charge is -2.22. The Hall–Kier alpha value is -1.04. The number of rotatable bonds is 3. The van der Waals surface area contributed by atoms with E-state index >= 15 is 0 Å². The lowest BCUT2D eigenvalue weighted by Crippen LogP contribution is -2.49. The highest BCUT2D eigenvalue weighted by molar-refractivity contribution is 7.80. The van der Waals surface area contributed by atoms with E-state index in [0.717, 1.165) is 0 Å². The van der Waals surface area contributed by atoms with Crippen LogP contribution in [-0.4, -0.2) is 23.2 Å². The summed E-state index contributed by atoms with van der Waals surface area (Å²) in [6.07, 6.45) is 0. The van der Waals surface area contributed by atoms with Gasteiger partial charge in [0.2, 0.25) is 0 Å². The molecule has 0 heterocycles. The molecule has 1 aromatic carbocycles. The van der Waals surface area contributed by atoms with E-state index in [1.54, 1.807) is 18.2 Å². The van der Waals surface area contributed by atoms with Crippen molar-refractivity contribution >= 4 is 46.4 Å². The molecule has 0 saturated heterocycles. The van der Waals surface area contributed by atoms with Gasteiger partial charge in [0, 0.05) is 10.6 Å². The van der Waals surface area contributed by atoms with Crippen molar-refractivity contribution in [3.63, 3.8) is 0 Å². The fourth-order valence-electron chi connectivity index (χ4n) is 1.27. The van der Waals surface area contributed by atoms with Crippen LogP contribution < -0.4 is 15.4 Å². The van der Waals surface area contributed by atoms with Gasteiger partial charge < -0.3 is 15.4 Å². The van der Waals surface area contributed by atoms with Gasteiger partial charge in [0.1, 0.15) is 5.75 Å². The highest BCUT2D eigenvalue weighted by atomic mass is 35.5. The summed E-state index contributed by atoms with van der Waals surface area (Å²) in [5.74, 6) is 0.0266. The smallest absolute Gasteiger partial charge is 0.264 e. The molecule has 0 fully saturated rings. The van der Waals surface area contributed by atoms with Crippen LogP contribution >= 0.6 is 35.4 Å². The first kappa shape index (κ1) is 17.0. The average molecular weight is 335 g/mol. The van der Waals surface area contributed by atoms with Crippen LogP contribution in [0.5, 0.6) is 5.75 Å². The van der Waals surface area contributed by atoms with Crippen molar-refractivity contribution in [1.29, 1.82) is 0 Å². The van der Waals surface area contributed by atoms with Gasteiger partial charge in [-0.05, 0) is 51.2 Å². The van der Waals surface area contributed by atoms with E-state index < -0.39 is 0 Å². The Kier molecular flexibility index (Phi) is 6.05. The lowest BCUT2D eigenvalue weighted by molar-refractivity contribution is -0.121. The van der Waals surface area contributed by atoms with E-state index in [-0.39, 0.29) is 23.2 Å². The Balaban J connectivity index is 2.46. The molecule has 20 heavy (non-hydrogen) atoms. The van der Waals surface area contributed by atoms with Gasteiger partial charge in [-0.3, -0.25) is 4.79 Å². The van der Waals surface area contributed by atoms with Crippen LogP contribution in [0.15, 0.2) is 18.2 Å². The van der Waals surface area contributed by atoms with E-state index in [1.165, 1.54) is 0 Å². The second kappa shape index (κ2) is 7.11. The zero-order valence-electron chi connectivity index (χ0n) is 11.4. The molecular weight excluding hydrogens is 319 g/mol. The van der Waals surface area contributed by atoms with Gasteiger partial charge >= 0.3 is 0 Å². The third-order valence-electron chi connectivity index (χ3n) is 1.99. The van der Waals surface area contributed by atoms with Gasteiger partial charge in [-0.1, -0.05) is 23.2 Å². The molecule has 0 aromatic heterocycles. The summed E-state index contributed by atoms with van der Waals surface area (Å²) in [4.78, 5) is 11.7. The molecule has 0 saturated carbocycles. The van der Waals surface area contributed by atoms with Crippen molar-refractivity contribution in [3.05, 3.63) is 28.2 Å². The average Bonchev–Trinajstić information content (AvgIpc) is 2.24. The third kappa shape index (κ3) is 6.41. The van der Waals surface area contributed by atoms with E-state index in [2.05, 4.69) is 10.6 Å². The maximum atomic E-state index is 11.7. The molecule has 1 rings (SSSR count). The Morgan fingerprint density at radius 1 is 1.35 bits per heavy atom. The number of benzene rings is 1. The third-order valence-corrected chi connectivity index (χ3v) is 2.73. The zero-order chi connectivity index (χ0) is 15.3. The van der Waals surface area contributed by atoms with Crippen molar-refractivity contribution in [1.82, 2.24) is 10.6 Å². The number of nitrogens with one attached hydrogen (secondary N) is 2. The molecule has 0 spiro atoms. The first-order valence-corrected chi connectivity index (χ1v) is 7.03. The van der Waals surface area contributed by atoms with Gasteiger partial charge in [-0.15, -0.1) is 0 Å². The van der Waals surface area contributed by atoms with Gasteiger partial charge in [-0.2, -0.15) is 0 Å². The number of thiocarbonyl (C=S) groups is 1. The molecule has 0 aliphatic rings. The molecule has 0 aliphatic heterocycles. The Labute approximate surface area is 133 Å². The summed E-state index contributed by atoms with van der Waals surface area (Å²) in [6, 6.07) is 4.78. The minimum Gasteiger partial charge on any atom is -0.482 e. The summed E-state index contributed by atoms with van der Waals surface area (Å²) >= 11 is 16.7. The molecule has 0 aliphatic carbocycles. The molecule has 4 nitrogen and oxygen atoms in total. The Morgan fingerprint density at radius 3 is 2.55 bits per heavy atom. The van der Waals surface area contributed by atoms with Gasteiger partial charge in [0.05, 0.1) is 5.02 Å². The molecule has 1 aromatic rings. The molecule has 0 atom stereocenters. The largest absolute Gasteiger partial charge is 0.482 e. The number of amides is 1. The maximum Gasteiger partial charge on any atom is 0.264 e. The van der Waals surface area contributed by atoms with Crippen molar-refractivity contribution in [2.24, 2.45) is 0 Å².